The Morgan fingerprint density at radius 2 is 2.00 bits per heavy atom. The van der Waals surface area contributed by atoms with Crippen molar-refractivity contribution in [3.63, 3.8) is 0 Å². The second kappa shape index (κ2) is 7.15. The van der Waals surface area contributed by atoms with Crippen LogP contribution in [0.4, 0.5) is 9.18 Å². The molecule has 2 aromatic rings. The lowest BCUT2D eigenvalue weighted by atomic mass is 10.1. The molecule has 134 valence electrons. The minimum absolute atomic E-state index is 0.0631. The number of carbonyl (C=O) groups is 1. The van der Waals surface area contributed by atoms with Crippen LogP contribution in [0.25, 0.3) is 0 Å². The van der Waals surface area contributed by atoms with Gasteiger partial charge in [0.2, 0.25) is 0 Å². The number of amides is 2. The van der Waals surface area contributed by atoms with Gasteiger partial charge in [0.05, 0.1) is 12.6 Å². The van der Waals surface area contributed by atoms with Crippen LogP contribution in [0.2, 0.25) is 0 Å². The Morgan fingerprint density at radius 3 is 2.81 bits per heavy atom. The van der Waals surface area contributed by atoms with E-state index in [1.807, 2.05) is 30.3 Å². The summed E-state index contributed by atoms with van der Waals surface area (Å²) in [5.41, 5.74) is 1.07. The van der Waals surface area contributed by atoms with Crippen LogP contribution in [-0.2, 0) is 0 Å². The molecule has 0 aliphatic carbocycles. The van der Waals surface area contributed by atoms with Crippen LogP contribution in [0.1, 0.15) is 24.4 Å². The normalized spacial score (nSPS) is 22.0. The maximum Gasteiger partial charge on any atom is 0.341 e. The maximum atomic E-state index is 13.3. The Hall–Kier alpha value is -2.89. The molecule has 0 radical (unpaired) electrons. The molecule has 0 N–H and O–H groups in total. The van der Waals surface area contributed by atoms with Crippen molar-refractivity contribution in [3.8, 4) is 5.75 Å². The van der Waals surface area contributed by atoms with Crippen molar-refractivity contribution in [2.75, 3.05) is 13.1 Å². The van der Waals surface area contributed by atoms with Gasteiger partial charge in [-0.25, -0.2) is 14.2 Å². The predicted octanol–water partition coefficient (Wildman–Crippen LogP) is 3.83. The van der Waals surface area contributed by atoms with Crippen molar-refractivity contribution >= 4 is 12.2 Å². The molecule has 2 heterocycles. The number of rotatable bonds is 3. The quantitative estimate of drug-likeness (QED) is 0.842. The van der Waals surface area contributed by atoms with E-state index in [1.54, 1.807) is 28.3 Å². The average molecular weight is 353 g/mol. The van der Waals surface area contributed by atoms with Crippen LogP contribution < -0.4 is 4.74 Å². The second-order valence-electron chi connectivity index (χ2n) is 6.52. The first-order chi connectivity index (χ1) is 12.7. The molecule has 2 amide bonds. The molecule has 0 spiro atoms. The van der Waals surface area contributed by atoms with Gasteiger partial charge in [0.15, 0.2) is 0 Å². The fourth-order valence-electron chi connectivity index (χ4n) is 3.43. The van der Waals surface area contributed by atoms with Gasteiger partial charge in [-0.05, 0) is 17.7 Å². The highest BCUT2D eigenvalue weighted by Crippen LogP contribution is 2.30. The smallest absolute Gasteiger partial charge is 0.341 e. The number of likely N-dealkylation sites (tertiary alicyclic amines) is 1. The summed E-state index contributed by atoms with van der Waals surface area (Å²) in [6.07, 6.45) is 3.08. The predicted molar refractivity (Wildman–Crippen MR) is 96.5 cm³/mol. The highest BCUT2D eigenvalue weighted by Gasteiger charge is 2.35. The SMILES string of the molecule is O=C(N1CCC(Oc2cccc(F)c2)C1)N1N=CCC1c1ccccc1. The van der Waals surface area contributed by atoms with Gasteiger partial charge in [-0.15, -0.1) is 0 Å². The van der Waals surface area contributed by atoms with Crippen LogP contribution in [0.3, 0.4) is 0 Å². The third kappa shape index (κ3) is 3.40. The van der Waals surface area contributed by atoms with Crippen LogP contribution in [0.5, 0.6) is 5.75 Å². The van der Waals surface area contributed by atoms with Crippen molar-refractivity contribution in [3.05, 3.63) is 66.0 Å². The van der Waals surface area contributed by atoms with Crippen LogP contribution in [0, 0.1) is 5.82 Å². The molecule has 2 aliphatic heterocycles. The van der Waals surface area contributed by atoms with Crippen LogP contribution >= 0.6 is 0 Å². The molecular weight excluding hydrogens is 333 g/mol. The van der Waals surface area contributed by atoms with E-state index in [0.717, 1.165) is 12.0 Å². The summed E-state index contributed by atoms with van der Waals surface area (Å²) in [5, 5.41) is 5.84. The molecule has 6 heteroatoms. The fourth-order valence-corrected chi connectivity index (χ4v) is 3.43. The van der Waals surface area contributed by atoms with Crippen LogP contribution in [-0.4, -0.2) is 41.3 Å². The van der Waals surface area contributed by atoms with E-state index in [2.05, 4.69) is 5.10 Å². The molecule has 2 aromatic carbocycles. The molecule has 26 heavy (non-hydrogen) atoms. The van der Waals surface area contributed by atoms with Crippen LogP contribution in [0.15, 0.2) is 59.7 Å². The Labute approximate surface area is 151 Å². The third-order valence-electron chi connectivity index (χ3n) is 4.72. The molecule has 0 saturated carbocycles. The van der Waals surface area contributed by atoms with Gasteiger partial charge in [-0.1, -0.05) is 36.4 Å². The lowest BCUT2D eigenvalue weighted by Gasteiger charge is -2.27. The van der Waals surface area contributed by atoms with Gasteiger partial charge >= 0.3 is 6.03 Å². The molecule has 0 bridgehead atoms. The number of ether oxygens (including phenoxy) is 1. The Kier molecular flexibility index (Phi) is 4.56. The summed E-state index contributed by atoms with van der Waals surface area (Å²) < 4.78 is 19.1. The van der Waals surface area contributed by atoms with Crippen molar-refractivity contribution in [2.24, 2.45) is 5.10 Å². The summed E-state index contributed by atoms with van der Waals surface area (Å²) in [5.74, 6) is 0.163. The van der Waals surface area contributed by atoms with Crippen molar-refractivity contribution in [1.29, 1.82) is 0 Å². The van der Waals surface area contributed by atoms with E-state index in [0.29, 0.717) is 25.3 Å². The van der Waals surface area contributed by atoms with E-state index in [1.165, 1.54) is 12.1 Å². The number of hydrazone groups is 1. The van der Waals surface area contributed by atoms with Crippen molar-refractivity contribution in [1.82, 2.24) is 9.91 Å². The third-order valence-corrected chi connectivity index (χ3v) is 4.72. The van der Waals surface area contributed by atoms with E-state index in [4.69, 9.17) is 4.74 Å². The summed E-state index contributed by atoms with van der Waals surface area (Å²) in [7, 11) is 0. The fraction of sp³-hybridized carbons (Fsp3) is 0.300. The lowest BCUT2D eigenvalue weighted by Crippen LogP contribution is -2.40. The molecule has 1 saturated heterocycles. The summed E-state index contributed by atoms with van der Waals surface area (Å²) in [6.45, 7) is 1.08. The molecule has 1 fully saturated rings. The van der Waals surface area contributed by atoms with Gasteiger partial charge < -0.3 is 9.64 Å². The number of hydrogen-bond donors (Lipinski definition) is 0. The molecule has 4 rings (SSSR count). The monoisotopic (exact) mass is 353 g/mol. The minimum atomic E-state index is -0.328. The standard InChI is InChI=1S/C20H20FN3O2/c21-16-7-4-8-17(13-16)26-18-10-12-23(14-18)20(25)24-19(9-11-22-24)15-5-2-1-3-6-15/h1-8,11,13,18-19H,9-10,12,14H2. The topological polar surface area (TPSA) is 45.1 Å². The Balaban J connectivity index is 1.40. The number of carbonyl (C=O) groups excluding carboxylic acids is 1. The van der Waals surface area contributed by atoms with E-state index >= 15 is 0 Å². The zero-order valence-electron chi connectivity index (χ0n) is 14.3. The van der Waals surface area contributed by atoms with Gasteiger partial charge in [-0.3, -0.25) is 0 Å². The molecular formula is C20H20FN3O2. The molecule has 0 aromatic heterocycles. The van der Waals surface area contributed by atoms with E-state index in [9.17, 15) is 9.18 Å². The van der Waals surface area contributed by atoms with E-state index < -0.39 is 0 Å². The van der Waals surface area contributed by atoms with Crippen molar-refractivity contribution < 1.29 is 13.9 Å². The molecule has 2 unspecified atom stereocenters. The lowest BCUT2D eigenvalue weighted by molar-refractivity contribution is 0.142. The van der Waals surface area contributed by atoms with Gasteiger partial charge in [0, 0.05) is 31.7 Å². The van der Waals surface area contributed by atoms with Gasteiger partial charge in [0.25, 0.3) is 0 Å². The molecule has 5 nitrogen and oxygen atoms in total. The summed E-state index contributed by atoms with van der Waals surface area (Å²) >= 11 is 0. The van der Waals surface area contributed by atoms with E-state index in [-0.39, 0.29) is 24.0 Å². The number of nitrogens with zero attached hydrogens (tertiary/aromatic N) is 3. The number of halogens is 1. The second-order valence-corrected chi connectivity index (χ2v) is 6.52. The maximum absolute atomic E-state index is 13.3. The Morgan fingerprint density at radius 1 is 1.15 bits per heavy atom. The highest BCUT2D eigenvalue weighted by molar-refractivity contribution is 5.78. The highest BCUT2D eigenvalue weighted by atomic mass is 19.1. The zero-order valence-corrected chi connectivity index (χ0v) is 14.3. The summed E-state index contributed by atoms with van der Waals surface area (Å²) in [6, 6.07) is 15.8. The van der Waals surface area contributed by atoms with Gasteiger partial charge in [-0.2, -0.15) is 5.10 Å². The first kappa shape index (κ1) is 16.6. The minimum Gasteiger partial charge on any atom is -0.488 e. The Bertz CT molecular complexity index is 812. The van der Waals surface area contributed by atoms with Gasteiger partial charge in [0.1, 0.15) is 17.7 Å². The largest absolute Gasteiger partial charge is 0.488 e. The number of benzene rings is 2. The summed E-state index contributed by atoms with van der Waals surface area (Å²) in [4.78, 5) is 14.7. The zero-order chi connectivity index (χ0) is 17.9. The first-order valence-electron chi connectivity index (χ1n) is 8.78. The van der Waals surface area contributed by atoms with Crippen molar-refractivity contribution in [2.45, 2.75) is 25.0 Å². The molecule has 2 atom stereocenters. The molecule has 2 aliphatic rings. The number of urea groups is 1. The number of hydrogen-bond acceptors (Lipinski definition) is 3. The first-order valence-corrected chi connectivity index (χ1v) is 8.78. The average Bonchev–Trinajstić information content (AvgIpc) is 3.31.